The summed E-state index contributed by atoms with van der Waals surface area (Å²) in [6.07, 6.45) is 1.14. The van der Waals surface area contributed by atoms with E-state index in [0.717, 1.165) is 6.42 Å². The van der Waals surface area contributed by atoms with Crippen LogP contribution >= 0.6 is 11.3 Å². The van der Waals surface area contributed by atoms with Crippen LogP contribution in [0.1, 0.15) is 29.7 Å². The molecule has 1 unspecified atom stereocenters. The molecule has 0 spiro atoms. The summed E-state index contributed by atoms with van der Waals surface area (Å²) < 4.78 is 1.43. The standard InChI is InChI=1S/C20H17NS/c1-11-7-8-13-15-10-12(2)19-18(20(15)22-17(13)9-11)14-5-3-4-6-16(14)21-19/h3-9,12,21H,10H2,1-2H3. The number of thiophene rings is 1. The van der Waals surface area contributed by atoms with Gasteiger partial charge < -0.3 is 4.98 Å². The molecule has 0 radical (unpaired) electrons. The third-order valence-electron chi connectivity index (χ3n) is 4.91. The maximum Gasteiger partial charge on any atom is 0.0462 e. The summed E-state index contributed by atoms with van der Waals surface area (Å²) in [5, 5.41) is 2.82. The van der Waals surface area contributed by atoms with Crippen LogP contribution in [0.5, 0.6) is 0 Å². The van der Waals surface area contributed by atoms with Gasteiger partial charge in [0.05, 0.1) is 0 Å². The van der Waals surface area contributed by atoms with Crippen LogP contribution in [0.2, 0.25) is 0 Å². The fraction of sp³-hybridized carbons (Fsp3) is 0.200. The molecule has 2 heteroatoms. The van der Waals surface area contributed by atoms with E-state index in [1.165, 1.54) is 42.7 Å². The van der Waals surface area contributed by atoms with Crippen molar-refractivity contribution in [2.45, 2.75) is 26.2 Å². The van der Waals surface area contributed by atoms with Gasteiger partial charge in [-0.25, -0.2) is 0 Å². The first-order chi connectivity index (χ1) is 10.7. The second kappa shape index (κ2) is 4.23. The molecule has 1 aliphatic carbocycles. The van der Waals surface area contributed by atoms with Crippen LogP contribution in [0.25, 0.3) is 31.4 Å². The minimum atomic E-state index is 0.550. The van der Waals surface area contributed by atoms with Crippen molar-refractivity contribution in [1.29, 1.82) is 0 Å². The van der Waals surface area contributed by atoms with E-state index in [1.807, 2.05) is 11.3 Å². The average Bonchev–Trinajstić information content (AvgIpc) is 3.05. The number of para-hydroxylation sites is 1. The molecular weight excluding hydrogens is 286 g/mol. The summed E-state index contributed by atoms with van der Waals surface area (Å²) in [6, 6.07) is 15.6. The van der Waals surface area contributed by atoms with E-state index in [2.05, 4.69) is 61.3 Å². The molecule has 1 atom stereocenters. The molecule has 0 saturated carbocycles. The number of aromatic nitrogens is 1. The third-order valence-corrected chi connectivity index (χ3v) is 6.13. The van der Waals surface area contributed by atoms with Gasteiger partial charge >= 0.3 is 0 Å². The van der Waals surface area contributed by atoms with E-state index < -0.39 is 0 Å². The highest BCUT2D eigenvalue weighted by Crippen LogP contribution is 2.49. The lowest BCUT2D eigenvalue weighted by Crippen LogP contribution is -2.06. The number of nitrogens with one attached hydrogen (secondary N) is 1. The van der Waals surface area contributed by atoms with E-state index in [-0.39, 0.29) is 0 Å². The van der Waals surface area contributed by atoms with Gasteiger partial charge in [0.1, 0.15) is 0 Å². The molecule has 1 nitrogen and oxygen atoms in total. The van der Waals surface area contributed by atoms with E-state index >= 15 is 0 Å². The van der Waals surface area contributed by atoms with E-state index in [0.29, 0.717) is 5.92 Å². The zero-order valence-corrected chi connectivity index (χ0v) is 13.6. The minimum Gasteiger partial charge on any atom is -0.358 e. The zero-order chi connectivity index (χ0) is 14.8. The fourth-order valence-electron chi connectivity index (χ4n) is 3.85. The quantitative estimate of drug-likeness (QED) is 0.409. The van der Waals surface area contributed by atoms with Gasteiger partial charge in [0.25, 0.3) is 0 Å². The van der Waals surface area contributed by atoms with Crippen molar-refractivity contribution < 1.29 is 0 Å². The Labute approximate surface area is 133 Å². The monoisotopic (exact) mass is 303 g/mol. The summed E-state index contributed by atoms with van der Waals surface area (Å²) in [7, 11) is 0. The molecule has 2 aromatic heterocycles. The number of aryl methyl sites for hydroxylation is 1. The normalized spacial score (nSPS) is 16.9. The van der Waals surface area contributed by atoms with Gasteiger partial charge in [-0.15, -0.1) is 11.3 Å². The number of aromatic amines is 1. The molecule has 2 aromatic carbocycles. The summed E-state index contributed by atoms with van der Waals surface area (Å²) in [5.41, 5.74) is 7.02. The Kier molecular flexibility index (Phi) is 2.40. The predicted molar refractivity (Wildman–Crippen MR) is 96.0 cm³/mol. The Bertz CT molecular complexity index is 1030. The molecule has 0 bridgehead atoms. The van der Waals surface area contributed by atoms with Crippen LogP contribution in [0.4, 0.5) is 0 Å². The molecule has 4 aromatic rings. The lowest BCUT2D eigenvalue weighted by Gasteiger charge is -2.19. The minimum absolute atomic E-state index is 0.550. The maximum atomic E-state index is 3.67. The first-order valence-corrected chi connectivity index (χ1v) is 8.67. The van der Waals surface area contributed by atoms with Gasteiger partial charge in [0, 0.05) is 37.7 Å². The summed E-state index contributed by atoms with van der Waals surface area (Å²) in [4.78, 5) is 5.15. The third kappa shape index (κ3) is 1.53. The van der Waals surface area contributed by atoms with Gasteiger partial charge in [-0.2, -0.15) is 0 Å². The molecule has 108 valence electrons. The van der Waals surface area contributed by atoms with Crippen LogP contribution in [-0.2, 0) is 6.42 Å². The average molecular weight is 303 g/mol. The summed E-state index contributed by atoms with van der Waals surface area (Å²) in [5.74, 6) is 0.550. The van der Waals surface area contributed by atoms with Crippen molar-refractivity contribution in [1.82, 2.24) is 4.98 Å². The highest BCUT2D eigenvalue weighted by molar-refractivity contribution is 7.22. The first-order valence-electron chi connectivity index (χ1n) is 7.85. The Morgan fingerprint density at radius 1 is 1.09 bits per heavy atom. The Morgan fingerprint density at radius 2 is 1.95 bits per heavy atom. The van der Waals surface area contributed by atoms with Crippen LogP contribution in [0.3, 0.4) is 0 Å². The Balaban J connectivity index is 1.93. The highest BCUT2D eigenvalue weighted by atomic mass is 32.1. The van der Waals surface area contributed by atoms with E-state index in [9.17, 15) is 0 Å². The number of rotatable bonds is 0. The smallest absolute Gasteiger partial charge is 0.0462 e. The summed E-state index contributed by atoms with van der Waals surface area (Å²) >= 11 is 1.96. The molecule has 0 fully saturated rings. The van der Waals surface area contributed by atoms with Crippen molar-refractivity contribution in [3.63, 3.8) is 0 Å². The van der Waals surface area contributed by atoms with E-state index in [1.54, 1.807) is 5.56 Å². The number of fused-ring (bicyclic) bond motifs is 7. The van der Waals surface area contributed by atoms with Crippen LogP contribution in [0, 0.1) is 6.92 Å². The molecule has 0 saturated heterocycles. The van der Waals surface area contributed by atoms with Gasteiger partial charge in [0.2, 0.25) is 0 Å². The lowest BCUT2D eigenvalue weighted by atomic mass is 9.86. The SMILES string of the molecule is Cc1ccc2c3c(sc2c1)-c1c([nH]c2ccccc12)C(C)C3. The maximum absolute atomic E-state index is 3.67. The molecule has 0 aliphatic heterocycles. The van der Waals surface area contributed by atoms with Crippen molar-refractivity contribution in [3.05, 3.63) is 59.3 Å². The van der Waals surface area contributed by atoms with Gasteiger partial charge in [0.15, 0.2) is 0 Å². The van der Waals surface area contributed by atoms with Crippen LogP contribution in [-0.4, -0.2) is 4.98 Å². The van der Waals surface area contributed by atoms with Crippen molar-refractivity contribution >= 4 is 32.3 Å². The number of hydrogen-bond donors (Lipinski definition) is 1. The number of hydrogen-bond acceptors (Lipinski definition) is 1. The Morgan fingerprint density at radius 3 is 2.86 bits per heavy atom. The van der Waals surface area contributed by atoms with Gasteiger partial charge in [-0.3, -0.25) is 0 Å². The van der Waals surface area contributed by atoms with Crippen LogP contribution < -0.4 is 0 Å². The molecule has 2 heterocycles. The molecule has 22 heavy (non-hydrogen) atoms. The summed E-state index contributed by atoms with van der Waals surface area (Å²) in [6.45, 7) is 4.52. The predicted octanol–water partition coefficient (Wildman–Crippen LogP) is 6.02. The molecule has 5 rings (SSSR count). The van der Waals surface area contributed by atoms with Gasteiger partial charge in [-0.1, -0.05) is 37.3 Å². The van der Waals surface area contributed by atoms with E-state index in [4.69, 9.17) is 0 Å². The van der Waals surface area contributed by atoms with Crippen molar-refractivity contribution in [2.75, 3.05) is 0 Å². The zero-order valence-electron chi connectivity index (χ0n) is 12.7. The highest BCUT2D eigenvalue weighted by Gasteiger charge is 2.28. The number of H-pyrrole nitrogens is 1. The lowest BCUT2D eigenvalue weighted by molar-refractivity contribution is 0.736. The number of benzene rings is 2. The van der Waals surface area contributed by atoms with Crippen LogP contribution in [0.15, 0.2) is 42.5 Å². The largest absolute Gasteiger partial charge is 0.358 e. The van der Waals surface area contributed by atoms with Crippen molar-refractivity contribution in [2.24, 2.45) is 0 Å². The van der Waals surface area contributed by atoms with Crippen molar-refractivity contribution in [3.8, 4) is 10.4 Å². The first kappa shape index (κ1) is 12.5. The molecule has 1 aliphatic rings. The molecule has 0 amide bonds. The second-order valence-corrected chi connectivity index (χ2v) is 7.53. The van der Waals surface area contributed by atoms with Gasteiger partial charge in [-0.05, 0) is 42.0 Å². The Hall–Kier alpha value is -2.06. The second-order valence-electron chi connectivity index (χ2n) is 6.47. The fourth-order valence-corrected chi connectivity index (χ4v) is 5.25. The molecule has 1 N–H and O–H groups in total. The topological polar surface area (TPSA) is 15.8 Å². The molecular formula is C20H17NS.